The third-order valence-corrected chi connectivity index (χ3v) is 2.87. The van der Waals surface area contributed by atoms with Gasteiger partial charge in [0.2, 0.25) is 0 Å². The van der Waals surface area contributed by atoms with Gasteiger partial charge >= 0.3 is 0 Å². The Labute approximate surface area is 113 Å². The highest BCUT2D eigenvalue weighted by molar-refractivity contribution is 5.48. The standard InChI is InChI=1S/C13H20N6/c1-5-14-11-8-12(17-10(2)16-11)19(4)9-13-15-6-7-18(13)3/h6-8H,5,9H2,1-4H3,(H,14,16,17). The van der Waals surface area contributed by atoms with Gasteiger partial charge < -0.3 is 14.8 Å². The molecule has 0 aliphatic carbocycles. The molecule has 0 aliphatic heterocycles. The molecule has 6 nitrogen and oxygen atoms in total. The molecule has 0 atom stereocenters. The summed E-state index contributed by atoms with van der Waals surface area (Å²) in [5.41, 5.74) is 0. The molecule has 0 saturated heterocycles. The van der Waals surface area contributed by atoms with Gasteiger partial charge in [-0.15, -0.1) is 0 Å². The maximum absolute atomic E-state index is 4.46. The Hall–Kier alpha value is -2.11. The second-order valence-electron chi connectivity index (χ2n) is 4.50. The number of rotatable bonds is 5. The third-order valence-electron chi connectivity index (χ3n) is 2.87. The first kappa shape index (κ1) is 13.3. The van der Waals surface area contributed by atoms with Crippen molar-refractivity contribution in [2.24, 2.45) is 7.05 Å². The summed E-state index contributed by atoms with van der Waals surface area (Å²) in [5.74, 6) is 3.52. The number of aromatic nitrogens is 4. The van der Waals surface area contributed by atoms with Crippen molar-refractivity contribution in [1.29, 1.82) is 0 Å². The molecule has 19 heavy (non-hydrogen) atoms. The fourth-order valence-electron chi connectivity index (χ4n) is 1.86. The molecule has 0 unspecified atom stereocenters. The summed E-state index contributed by atoms with van der Waals surface area (Å²) in [7, 11) is 4.00. The van der Waals surface area contributed by atoms with Gasteiger partial charge in [0.1, 0.15) is 23.3 Å². The van der Waals surface area contributed by atoms with Crippen LogP contribution in [-0.2, 0) is 13.6 Å². The van der Waals surface area contributed by atoms with E-state index in [1.54, 1.807) is 6.20 Å². The van der Waals surface area contributed by atoms with E-state index in [1.807, 2.05) is 37.8 Å². The number of nitrogens with zero attached hydrogens (tertiary/aromatic N) is 5. The molecule has 0 radical (unpaired) electrons. The smallest absolute Gasteiger partial charge is 0.134 e. The first-order chi connectivity index (χ1) is 9.10. The lowest BCUT2D eigenvalue weighted by Crippen LogP contribution is -2.21. The summed E-state index contributed by atoms with van der Waals surface area (Å²) in [6.45, 7) is 5.51. The Kier molecular flexibility index (Phi) is 3.99. The van der Waals surface area contributed by atoms with Crippen LogP contribution in [0.2, 0.25) is 0 Å². The Morgan fingerprint density at radius 1 is 1.37 bits per heavy atom. The molecule has 0 bridgehead atoms. The highest BCUT2D eigenvalue weighted by atomic mass is 15.2. The summed E-state index contributed by atoms with van der Waals surface area (Å²) < 4.78 is 2.01. The van der Waals surface area contributed by atoms with Crippen LogP contribution in [0.1, 0.15) is 18.6 Å². The minimum absolute atomic E-state index is 0.714. The van der Waals surface area contributed by atoms with Crippen LogP contribution in [0.15, 0.2) is 18.5 Å². The molecule has 0 saturated carbocycles. The fourth-order valence-corrected chi connectivity index (χ4v) is 1.86. The van der Waals surface area contributed by atoms with E-state index in [4.69, 9.17) is 0 Å². The second-order valence-corrected chi connectivity index (χ2v) is 4.50. The lowest BCUT2D eigenvalue weighted by molar-refractivity contribution is 0.753. The van der Waals surface area contributed by atoms with E-state index in [0.29, 0.717) is 6.54 Å². The number of imidazole rings is 1. The number of hydrogen-bond acceptors (Lipinski definition) is 5. The fraction of sp³-hybridized carbons (Fsp3) is 0.462. The number of anilines is 2. The summed E-state index contributed by atoms with van der Waals surface area (Å²) in [6, 6.07) is 1.96. The van der Waals surface area contributed by atoms with Gasteiger partial charge in [-0.2, -0.15) is 0 Å². The zero-order valence-corrected chi connectivity index (χ0v) is 11.9. The van der Waals surface area contributed by atoms with Gasteiger partial charge in [0.25, 0.3) is 0 Å². The minimum atomic E-state index is 0.714. The van der Waals surface area contributed by atoms with E-state index in [9.17, 15) is 0 Å². The van der Waals surface area contributed by atoms with E-state index >= 15 is 0 Å². The van der Waals surface area contributed by atoms with Crippen LogP contribution in [-0.4, -0.2) is 33.1 Å². The SMILES string of the molecule is CCNc1cc(N(C)Cc2nccn2C)nc(C)n1. The molecule has 2 aromatic rings. The van der Waals surface area contributed by atoms with Crippen LogP contribution in [0.5, 0.6) is 0 Å². The first-order valence-electron chi connectivity index (χ1n) is 6.37. The quantitative estimate of drug-likeness (QED) is 0.884. The van der Waals surface area contributed by atoms with Crippen LogP contribution in [0.3, 0.4) is 0 Å². The predicted octanol–water partition coefficient (Wildman–Crippen LogP) is 1.59. The highest BCUT2D eigenvalue weighted by Crippen LogP contribution is 2.16. The zero-order valence-electron chi connectivity index (χ0n) is 11.9. The summed E-state index contributed by atoms with van der Waals surface area (Å²) in [5, 5.41) is 3.22. The van der Waals surface area contributed by atoms with Gasteiger partial charge in [-0.3, -0.25) is 0 Å². The summed E-state index contributed by atoms with van der Waals surface area (Å²) in [4.78, 5) is 15.2. The van der Waals surface area contributed by atoms with Crippen molar-refractivity contribution in [3.8, 4) is 0 Å². The molecule has 0 spiro atoms. The van der Waals surface area contributed by atoms with Gasteiger partial charge in [-0.1, -0.05) is 0 Å². The zero-order chi connectivity index (χ0) is 13.8. The second kappa shape index (κ2) is 5.69. The van der Waals surface area contributed by atoms with Crippen molar-refractivity contribution in [2.45, 2.75) is 20.4 Å². The van der Waals surface area contributed by atoms with Gasteiger partial charge in [-0.05, 0) is 13.8 Å². The molecule has 102 valence electrons. The van der Waals surface area contributed by atoms with E-state index in [0.717, 1.165) is 29.8 Å². The van der Waals surface area contributed by atoms with E-state index in [-0.39, 0.29) is 0 Å². The van der Waals surface area contributed by atoms with Crippen molar-refractivity contribution >= 4 is 11.6 Å². The Balaban J connectivity index is 2.18. The molecule has 0 fully saturated rings. The van der Waals surface area contributed by atoms with Crippen LogP contribution >= 0.6 is 0 Å². The summed E-state index contributed by atoms with van der Waals surface area (Å²) >= 11 is 0. The monoisotopic (exact) mass is 260 g/mol. The molecule has 0 amide bonds. The van der Waals surface area contributed by atoms with Gasteiger partial charge in [0.15, 0.2) is 0 Å². The summed E-state index contributed by atoms with van der Waals surface area (Å²) in [6.07, 6.45) is 3.75. The molecule has 1 N–H and O–H groups in total. The highest BCUT2D eigenvalue weighted by Gasteiger charge is 2.09. The average Bonchev–Trinajstić information content (AvgIpc) is 2.75. The van der Waals surface area contributed by atoms with Crippen molar-refractivity contribution in [2.75, 3.05) is 23.8 Å². The van der Waals surface area contributed by atoms with Crippen LogP contribution in [0.25, 0.3) is 0 Å². The maximum atomic E-state index is 4.46. The first-order valence-corrected chi connectivity index (χ1v) is 6.37. The van der Waals surface area contributed by atoms with Crippen LogP contribution in [0, 0.1) is 6.92 Å². The Bertz CT molecular complexity index is 548. The number of aryl methyl sites for hydroxylation is 2. The van der Waals surface area contributed by atoms with E-state index in [2.05, 4.69) is 32.1 Å². The largest absolute Gasteiger partial charge is 0.370 e. The lowest BCUT2D eigenvalue weighted by Gasteiger charge is -2.19. The molecular formula is C13H20N6. The molecule has 0 aliphatic rings. The topological polar surface area (TPSA) is 58.9 Å². The number of nitrogens with one attached hydrogen (secondary N) is 1. The van der Waals surface area contributed by atoms with Crippen molar-refractivity contribution < 1.29 is 0 Å². The minimum Gasteiger partial charge on any atom is -0.370 e. The maximum Gasteiger partial charge on any atom is 0.134 e. The molecular weight excluding hydrogens is 240 g/mol. The van der Waals surface area contributed by atoms with E-state index < -0.39 is 0 Å². The van der Waals surface area contributed by atoms with Crippen molar-refractivity contribution in [3.63, 3.8) is 0 Å². The molecule has 2 aromatic heterocycles. The van der Waals surface area contributed by atoms with Gasteiger partial charge in [0.05, 0.1) is 6.54 Å². The number of hydrogen-bond donors (Lipinski definition) is 1. The predicted molar refractivity (Wildman–Crippen MR) is 76.2 cm³/mol. The van der Waals surface area contributed by atoms with Crippen molar-refractivity contribution in [1.82, 2.24) is 19.5 Å². The van der Waals surface area contributed by atoms with Crippen LogP contribution < -0.4 is 10.2 Å². The lowest BCUT2D eigenvalue weighted by atomic mass is 10.4. The average molecular weight is 260 g/mol. The van der Waals surface area contributed by atoms with Gasteiger partial charge in [0, 0.05) is 39.1 Å². The molecule has 6 heteroatoms. The van der Waals surface area contributed by atoms with Gasteiger partial charge in [-0.25, -0.2) is 15.0 Å². The molecule has 2 heterocycles. The Morgan fingerprint density at radius 3 is 2.79 bits per heavy atom. The Morgan fingerprint density at radius 2 is 2.16 bits per heavy atom. The normalized spacial score (nSPS) is 10.5. The third kappa shape index (κ3) is 3.21. The van der Waals surface area contributed by atoms with Crippen LogP contribution in [0.4, 0.5) is 11.6 Å². The van der Waals surface area contributed by atoms with Crippen molar-refractivity contribution in [3.05, 3.63) is 30.1 Å². The molecule has 2 rings (SSSR count). The van der Waals surface area contributed by atoms with E-state index in [1.165, 1.54) is 0 Å². The molecule has 0 aromatic carbocycles.